The molecule has 0 unspecified atom stereocenters. The molecular weight excluding hydrogens is 625 g/mol. The predicted molar refractivity (Wildman–Crippen MR) is 217 cm³/mol. The Balaban J connectivity index is 1.28. The largest absolute Gasteiger partial charge is 0.256 e. The van der Waals surface area contributed by atoms with Crippen molar-refractivity contribution in [2.75, 3.05) is 0 Å². The molecular formula is C47H40N2S. The van der Waals surface area contributed by atoms with E-state index in [2.05, 4.69) is 174 Å². The van der Waals surface area contributed by atoms with E-state index >= 15 is 0 Å². The monoisotopic (exact) mass is 664 g/mol. The van der Waals surface area contributed by atoms with Crippen LogP contribution in [0.15, 0.2) is 145 Å². The van der Waals surface area contributed by atoms with E-state index in [4.69, 9.17) is 9.98 Å². The van der Waals surface area contributed by atoms with Crippen molar-refractivity contribution in [3.8, 4) is 32.8 Å². The Labute approximate surface area is 298 Å². The van der Waals surface area contributed by atoms with Gasteiger partial charge in [0.05, 0.1) is 15.9 Å². The van der Waals surface area contributed by atoms with Crippen molar-refractivity contribution in [3.63, 3.8) is 0 Å². The standard InChI is InChI=1S/C47H40N2S/c1-30(2)31-21-23-33(24-22-31)37-25-26-40(39-18-9-8-17-38(37)39)42-27-35(47(3,4)5)28-44-45(42)49-46(50-44)41-19-10-11-20-43(41)48-29-34-15-12-14-32-13-6-7-16-36(32)34/h6-30H,1-5H3. The zero-order valence-corrected chi connectivity index (χ0v) is 30.1. The molecule has 244 valence electrons. The highest BCUT2D eigenvalue weighted by Crippen LogP contribution is 2.44. The molecule has 3 heteroatoms. The second kappa shape index (κ2) is 12.8. The zero-order valence-electron chi connectivity index (χ0n) is 29.2. The number of aliphatic imine (C=N–C) groups is 1. The minimum Gasteiger partial charge on any atom is -0.256 e. The van der Waals surface area contributed by atoms with Gasteiger partial charge in [-0.25, -0.2) is 4.98 Å². The number of nitrogens with zero attached hydrogens (tertiary/aromatic N) is 2. The molecule has 0 spiro atoms. The topological polar surface area (TPSA) is 25.2 Å². The fourth-order valence-electron chi connectivity index (χ4n) is 6.89. The number of aromatic nitrogens is 1. The minimum atomic E-state index is -0.0261. The van der Waals surface area contributed by atoms with Gasteiger partial charge in [0, 0.05) is 22.9 Å². The second-order valence-corrected chi connectivity index (χ2v) is 15.5. The summed E-state index contributed by atoms with van der Waals surface area (Å²) in [5.41, 5.74) is 11.6. The molecule has 2 nitrogen and oxygen atoms in total. The molecule has 0 aliphatic heterocycles. The van der Waals surface area contributed by atoms with Crippen molar-refractivity contribution < 1.29 is 0 Å². The summed E-state index contributed by atoms with van der Waals surface area (Å²) in [7, 11) is 0. The van der Waals surface area contributed by atoms with Gasteiger partial charge in [-0.2, -0.15) is 0 Å². The van der Waals surface area contributed by atoms with Gasteiger partial charge in [0.15, 0.2) is 0 Å². The highest BCUT2D eigenvalue weighted by atomic mass is 32.1. The van der Waals surface area contributed by atoms with E-state index in [1.165, 1.54) is 59.6 Å². The molecule has 0 N–H and O–H groups in total. The Morgan fingerprint density at radius 1 is 0.620 bits per heavy atom. The van der Waals surface area contributed by atoms with Crippen LogP contribution in [0.5, 0.6) is 0 Å². The molecule has 50 heavy (non-hydrogen) atoms. The quantitative estimate of drug-likeness (QED) is 0.162. The molecule has 0 fully saturated rings. The van der Waals surface area contributed by atoms with Gasteiger partial charge in [-0.05, 0) is 85.0 Å². The summed E-state index contributed by atoms with van der Waals surface area (Å²) in [5.74, 6) is 0.506. The summed E-state index contributed by atoms with van der Waals surface area (Å²) in [6, 6.07) is 50.4. The molecule has 7 aromatic carbocycles. The number of hydrogen-bond acceptors (Lipinski definition) is 3. The Kier molecular flexibility index (Phi) is 8.17. The predicted octanol–water partition coefficient (Wildman–Crippen LogP) is 13.8. The van der Waals surface area contributed by atoms with Crippen LogP contribution in [0.25, 0.3) is 64.6 Å². The van der Waals surface area contributed by atoms with Crippen molar-refractivity contribution in [2.45, 2.75) is 46.0 Å². The maximum absolute atomic E-state index is 5.41. The van der Waals surface area contributed by atoms with Crippen molar-refractivity contribution in [1.29, 1.82) is 0 Å². The maximum atomic E-state index is 5.41. The zero-order chi connectivity index (χ0) is 34.4. The molecule has 0 aliphatic carbocycles. The Bertz CT molecular complexity index is 2540. The fourth-order valence-corrected chi connectivity index (χ4v) is 7.95. The first-order chi connectivity index (χ1) is 24.2. The molecule has 0 radical (unpaired) electrons. The molecule has 0 atom stereocenters. The molecule has 0 saturated carbocycles. The van der Waals surface area contributed by atoms with Crippen LogP contribution in [0, 0.1) is 0 Å². The number of para-hydroxylation sites is 1. The maximum Gasteiger partial charge on any atom is 0.126 e. The van der Waals surface area contributed by atoms with E-state index in [9.17, 15) is 0 Å². The molecule has 0 aliphatic rings. The van der Waals surface area contributed by atoms with Gasteiger partial charge < -0.3 is 0 Å². The molecule has 1 aromatic heterocycles. The Hall–Kier alpha value is -5.38. The lowest BCUT2D eigenvalue weighted by molar-refractivity contribution is 0.591. The summed E-state index contributed by atoms with van der Waals surface area (Å²) < 4.78 is 1.19. The highest BCUT2D eigenvalue weighted by molar-refractivity contribution is 7.21. The normalized spacial score (nSPS) is 12.2. The van der Waals surface area contributed by atoms with Gasteiger partial charge in [0.2, 0.25) is 0 Å². The lowest BCUT2D eigenvalue weighted by Crippen LogP contribution is -2.11. The lowest BCUT2D eigenvalue weighted by atomic mass is 9.84. The van der Waals surface area contributed by atoms with Crippen LogP contribution in [-0.2, 0) is 5.41 Å². The van der Waals surface area contributed by atoms with E-state index in [-0.39, 0.29) is 5.41 Å². The van der Waals surface area contributed by atoms with Gasteiger partial charge in [0.25, 0.3) is 0 Å². The van der Waals surface area contributed by atoms with Gasteiger partial charge in [-0.3, -0.25) is 4.99 Å². The van der Waals surface area contributed by atoms with Crippen LogP contribution < -0.4 is 0 Å². The smallest absolute Gasteiger partial charge is 0.126 e. The number of rotatable bonds is 6. The molecule has 1 heterocycles. The number of fused-ring (bicyclic) bond motifs is 3. The summed E-state index contributed by atoms with van der Waals surface area (Å²) in [4.78, 5) is 10.5. The van der Waals surface area contributed by atoms with Crippen molar-refractivity contribution >= 4 is 55.0 Å². The highest BCUT2D eigenvalue weighted by Gasteiger charge is 2.22. The van der Waals surface area contributed by atoms with E-state index in [1.807, 2.05) is 6.21 Å². The van der Waals surface area contributed by atoms with Gasteiger partial charge in [-0.1, -0.05) is 150 Å². The summed E-state index contributed by atoms with van der Waals surface area (Å²) in [6.45, 7) is 11.4. The van der Waals surface area contributed by atoms with Crippen molar-refractivity contribution in [2.24, 2.45) is 4.99 Å². The van der Waals surface area contributed by atoms with Crippen LogP contribution in [0.1, 0.15) is 57.2 Å². The Morgan fingerprint density at radius 2 is 1.28 bits per heavy atom. The minimum absolute atomic E-state index is 0.0261. The van der Waals surface area contributed by atoms with Crippen LogP contribution >= 0.6 is 11.3 Å². The molecule has 8 rings (SSSR count). The summed E-state index contributed by atoms with van der Waals surface area (Å²) in [6.07, 6.45) is 1.99. The number of hydrogen-bond donors (Lipinski definition) is 0. The third kappa shape index (κ3) is 5.93. The molecule has 0 amide bonds. The fraction of sp³-hybridized carbons (Fsp3) is 0.149. The molecule has 0 bridgehead atoms. The van der Waals surface area contributed by atoms with Crippen LogP contribution in [0.3, 0.4) is 0 Å². The Morgan fingerprint density at radius 3 is 2.04 bits per heavy atom. The molecule has 8 aromatic rings. The molecule has 0 saturated heterocycles. The van der Waals surface area contributed by atoms with E-state index in [0.29, 0.717) is 5.92 Å². The van der Waals surface area contributed by atoms with Crippen LogP contribution in [0.4, 0.5) is 5.69 Å². The van der Waals surface area contributed by atoms with Gasteiger partial charge in [0.1, 0.15) is 5.01 Å². The van der Waals surface area contributed by atoms with Gasteiger partial charge >= 0.3 is 0 Å². The van der Waals surface area contributed by atoms with Crippen LogP contribution in [0.2, 0.25) is 0 Å². The second-order valence-electron chi connectivity index (χ2n) is 14.5. The third-order valence-electron chi connectivity index (χ3n) is 9.76. The van der Waals surface area contributed by atoms with Crippen LogP contribution in [-0.4, -0.2) is 11.2 Å². The first-order valence-electron chi connectivity index (χ1n) is 17.4. The van der Waals surface area contributed by atoms with Gasteiger partial charge in [-0.15, -0.1) is 11.3 Å². The first kappa shape index (κ1) is 31.9. The van der Waals surface area contributed by atoms with E-state index < -0.39 is 0 Å². The SMILES string of the molecule is CC(C)c1ccc(-c2ccc(-c3cc(C(C)(C)C)cc4sc(-c5ccccc5N=Cc5cccc6ccccc56)nc34)c3ccccc23)cc1. The van der Waals surface area contributed by atoms with E-state index in [0.717, 1.165) is 27.3 Å². The van der Waals surface area contributed by atoms with E-state index in [1.54, 1.807) is 11.3 Å². The van der Waals surface area contributed by atoms with Crippen molar-refractivity contribution in [3.05, 3.63) is 156 Å². The first-order valence-corrected chi connectivity index (χ1v) is 18.2. The lowest BCUT2D eigenvalue weighted by Gasteiger charge is -2.21. The average Bonchev–Trinajstić information content (AvgIpc) is 3.57. The average molecular weight is 665 g/mol. The number of thiazole rings is 1. The third-order valence-corrected chi connectivity index (χ3v) is 10.8. The summed E-state index contributed by atoms with van der Waals surface area (Å²) >= 11 is 1.75. The summed E-state index contributed by atoms with van der Waals surface area (Å²) in [5, 5.41) is 5.87. The number of benzene rings is 7. The van der Waals surface area contributed by atoms with Crippen molar-refractivity contribution in [1.82, 2.24) is 4.98 Å².